The number of halogens is 3. The number of benzene rings is 2. The Bertz CT molecular complexity index is 706. The fourth-order valence-electron chi connectivity index (χ4n) is 1.79. The number of hydrogen-bond donors (Lipinski definition) is 1. The maximum Gasteiger partial charge on any atom is 0.234 e. The van der Waals surface area contributed by atoms with Crippen molar-refractivity contribution in [3.05, 3.63) is 63.1 Å². The van der Waals surface area contributed by atoms with Crippen molar-refractivity contribution < 1.29 is 9.59 Å². The standard InChI is InChI=1S/C15H10BrClINO2/c16-9-5-6-12(17)11(7-9)15(21)10-3-1-2-4-13(10)19-14(20)8-18/h1-7H,8H2,(H,19,20). The van der Waals surface area contributed by atoms with Crippen LogP contribution in [-0.4, -0.2) is 16.1 Å². The van der Waals surface area contributed by atoms with Crippen molar-refractivity contribution in [2.45, 2.75) is 0 Å². The van der Waals surface area contributed by atoms with Crippen LogP contribution < -0.4 is 5.32 Å². The predicted molar refractivity (Wildman–Crippen MR) is 96.5 cm³/mol. The zero-order valence-corrected chi connectivity index (χ0v) is 15.2. The van der Waals surface area contributed by atoms with Crippen LogP contribution in [0.2, 0.25) is 5.02 Å². The third-order valence-corrected chi connectivity index (χ3v) is 4.26. The molecule has 2 rings (SSSR count). The number of carbonyl (C=O) groups is 2. The molecule has 0 unspecified atom stereocenters. The number of nitrogens with one attached hydrogen (secondary N) is 1. The first-order valence-electron chi connectivity index (χ1n) is 5.97. The Morgan fingerprint density at radius 2 is 1.86 bits per heavy atom. The summed E-state index contributed by atoms with van der Waals surface area (Å²) in [7, 11) is 0. The van der Waals surface area contributed by atoms with Gasteiger partial charge in [-0.25, -0.2) is 0 Å². The molecule has 0 bridgehead atoms. The van der Waals surface area contributed by atoms with E-state index >= 15 is 0 Å². The van der Waals surface area contributed by atoms with Crippen molar-refractivity contribution in [2.24, 2.45) is 0 Å². The first-order chi connectivity index (χ1) is 10.0. The molecule has 0 saturated heterocycles. The second-order valence-corrected chi connectivity index (χ2v) is 6.27. The fraction of sp³-hybridized carbons (Fsp3) is 0.0667. The smallest absolute Gasteiger partial charge is 0.234 e. The average Bonchev–Trinajstić information content (AvgIpc) is 2.49. The lowest BCUT2D eigenvalue weighted by Gasteiger charge is -2.10. The van der Waals surface area contributed by atoms with E-state index in [2.05, 4.69) is 21.2 Å². The van der Waals surface area contributed by atoms with E-state index in [0.29, 0.717) is 26.3 Å². The summed E-state index contributed by atoms with van der Waals surface area (Å²) in [5.74, 6) is -0.387. The van der Waals surface area contributed by atoms with E-state index in [0.717, 1.165) is 4.47 Å². The van der Waals surface area contributed by atoms with Gasteiger partial charge in [-0.1, -0.05) is 62.3 Å². The maximum atomic E-state index is 12.7. The molecule has 2 aromatic carbocycles. The summed E-state index contributed by atoms with van der Waals surface area (Å²) in [5.41, 5.74) is 1.29. The van der Waals surface area contributed by atoms with Gasteiger partial charge in [0.05, 0.1) is 15.1 Å². The number of hydrogen-bond acceptors (Lipinski definition) is 2. The van der Waals surface area contributed by atoms with Gasteiger partial charge in [-0.3, -0.25) is 9.59 Å². The predicted octanol–water partition coefficient (Wildman–Crippen LogP) is 4.71. The number of carbonyl (C=O) groups excluding carboxylic acids is 2. The molecule has 6 heteroatoms. The summed E-state index contributed by atoms with van der Waals surface area (Å²) < 4.78 is 1.09. The topological polar surface area (TPSA) is 46.2 Å². The second-order valence-electron chi connectivity index (χ2n) is 4.18. The van der Waals surface area contributed by atoms with E-state index in [1.54, 1.807) is 42.5 Å². The Balaban J connectivity index is 2.44. The molecule has 0 heterocycles. The first-order valence-corrected chi connectivity index (χ1v) is 8.67. The number of alkyl halides is 1. The Kier molecular flexibility index (Phi) is 5.78. The zero-order chi connectivity index (χ0) is 15.4. The molecule has 0 atom stereocenters. The van der Waals surface area contributed by atoms with Crippen LogP contribution in [-0.2, 0) is 4.79 Å². The Labute approximate surface area is 149 Å². The molecule has 0 fully saturated rings. The quantitative estimate of drug-likeness (QED) is 0.393. The molecule has 108 valence electrons. The van der Waals surface area contributed by atoms with Gasteiger partial charge in [0, 0.05) is 15.6 Å². The maximum absolute atomic E-state index is 12.7. The first kappa shape index (κ1) is 16.5. The molecule has 1 N–H and O–H groups in total. The molecule has 0 spiro atoms. The van der Waals surface area contributed by atoms with Gasteiger partial charge in [-0.15, -0.1) is 0 Å². The summed E-state index contributed by atoms with van der Waals surface area (Å²) in [5, 5.41) is 3.10. The van der Waals surface area contributed by atoms with Gasteiger partial charge in [-0.2, -0.15) is 0 Å². The van der Waals surface area contributed by atoms with E-state index in [-0.39, 0.29) is 11.7 Å². The monoisotopic (exact) mass is 477 g/mol. The number of amides is 1. The van der Waals surface area contributed by atoms with Crippen molar-refractivity contribution in [3.8, 4) is 0 Å². The summed E-state index contributed by atoms with van der Waals surface area (Å²) in [6.45, 7) is 0. The molecular weight excluding hydrogens is 468 g/mol. The molecule has 1 amide bonds. The Morgan fingerprint density at radius 1 is 1.14 bits per heavy atom. The molecule has 21 heavy (non-hydrogen) atoms. The van der Waals surface area contributed by atoms with Crippen molar-refractivity contribution >= 4 is 67.5 Å². The van der Waals surface area contributed by atoms with E-state index in [1.165, 1.54) is 0 Å². The highest BCUT2D eigenvalue weighted by Crippen LogP contribution is 2.26. The van der Waals surface area contributed by atoms with Crippen LogP contribution in [0.3, 0.4) is 0 Å². The van der Waals surface area contributed by atoms with E-state index in [1.807, 2.05) is 22.6 Å². The lowest BCUT2D eigenvalue weighted by molar-refractivity contribution is -0.113. The third kappa shape index (κ3) is 4.05. The van der Waals surface area contributed by atoms with Crippen LogP contribution in [0, 0.1) is 0 Å². The average molecular weight is 479 g/mol. The fourth-order valence-corrected chi connectivity index (χ4v) is 2.55. The highest BCUT2D eigenvalue weighted by molar-refractivity contribution is 14.1. The van der Waals surface area contributed by atoms with Crippen LogP contribution >= 0.6 is 50.1 Å². The second kappa shape index (κ2) is 7.38. The lowest BCUT2D eigenvalue weighted by Crippen LogP contribution is -2.15. The molecule has 3 nitrogen and oxygen atoms in total. The van der Waals surface area contributed by atoms with Crippen LogP contribution in [0.1, 0.15) is 15.9 Å². The van der Waals surface area contributed by atoms with Crippen LogP contribution in [0.15, 0.2) is 46.9 Å². The van der Waals surface area contributed by atoms with Gasteiger partial charge in [0.1, 0.15) is 0 Å². The van der Waals surface area contributed by atoms with Gasteiger partial charge in [0.25, 0.3) is 0 Å². The molecule has 0 aliphatic carbocycles. The largest absolute Gasteiger partial charge is 0.325 e. The number of ketones is 1. The Morgan fingerprint density at radius 3 is 2.57 bits per heavy atom. The minimum Gasteiger partial charge on any atom is -0.325 e. The van der Waals surface area contributed by atoms with Crippen molar-refractivity contribution in [3.63, 3.8) is 0 Å². The zero-order valence-electron chi connectivity index (χ0n) is 10.7. The summed E-state index contributed by atoms with van der Waals surface area (Å²) in [4.78, 5) is 24.2. The van der Waals surface area contributed by atoms with Crippen LogP contribution in [0.4, 0.5) is 5.69 Å². The third-order valence-electron chi connectivity index (χ3n) is 2.74. The number of rotatable bonds is 4. The SMILES string of the molecule is O=C(CI)Nc1ccccc1C(=O)c1cc(Br)ccc1Cl. The number of para-hydroxylation sites is 1. The van der Waals surface area contributed by atoms with Crippen molar-refractivity contribution in [1.82, 2.24) is 0 Å². The van der Waals surface area contributed by atoms with E-state index in [9.17, 15) is 9.59 Å². The molecule has 0 saturated carbocycles. The summed E-state index contributed by atoms with van der Waals surface area (Å²) in [6, 6.07) is 12.0. The van der Waals surface area contributed by atoms with Crippen molar-refractivity contribution in [2.75, 3.05) is 9.74 Å². The molecule has 0 aliphatic heterocycles. The molecule has 2 aromatic rings. The summed E-state index contributed by atoms with van der Waals surface area (Å²) in [6.07, 6.45) is 0. The van der Waals surface area contributed by atoms with Gasteiger partial charge >= 0.3 is 0 Å². The van der Waals surface area contributed by atoms with Gasteiger partial charge in [0.2, 0.25) is 5.91 Å². The summed E-state index contributed by atoms with van der Waals surface area (Å²) >= 11 is 11.4. The minimum absolute atomic E-state index is 0.156. The normalized spacial score (nSPS) is 10.2. The highest BCUT2D eigenvalue weighted by Gasteiger charge is 2.17. The minimum atomic E-state index is -0.231. The molecular formula is C15H10BrClINO2. The van der Waals surface area contributed by atoms with Gasteiger partial charge < -0.3 is 5.32 Å². The molecule has 0 aromatic heterocycles. The van der Waals surface area contributed by atoms with Crippen LogP contribution in [0.5, 0.6) is 0 Å². The lowest BCUT2D eigenvalue weighted by atomic mass is 10.0. The Hall–Kier alpha value is -0.920. The van der Waals surface area contributed by atoms with Gasteiger partial charge in [0.15, 0.2) is 5.78 Å². The highest BCUT2D eigenvalue weighted by atomic mass is 127. The van der Waals surface area contributed by atoms with E-state index < -0.39 is 0 Å². The number of anilines is 1. The van der Waals surface area contributed by atoms with Crippen LogP contribution in [0.25, 0.3) is 0 Å². The van der Waals surface area contributed by atoms with Crippen molar-refractivity contribution in [1.29, 1.82) is 0 Å². The molecule has 0 radical (unpaired) electrons. The van der Waals surface area contributed by atoms with E-state index in [4.69, 9.17) is 11.6 Å². The molecule has 0 aliphatic rings. The van der Waals surface area contributed by atoms with Gasteiger partial charge in [-0.05, 0) is 30.3 Å².